The van der Waals surface area contributed by atoms with Gasteiger partial charge in [-0.15, -0.1) is 0 Å². The van der Waals surface area contributed by atoms with E-state index in [0.29, 0.717) is 33.9 Å². The number of aromatic nitrogens is 1. The molecule has 1 atom stereocenters. The lowest BCUT2D eigenvalue weighted by Gasteiger charge is -2.20. The van der Waals surface area contributed by atoms with E-state index in [1.54, 1.807) is 13.0 Å². The minimum atomic E-state index is -1.07. The molecule has 1 fully saturated rings. The van der Waals surface area contributed by atoms with Gasteiger partial charge in [-0.3, -0.25) is 4.79 Å². The summed E-state index contributed by atoms with van der Waals surface area (Å²) < 4.78 is 6.37. The first-order valence-electron chi connectivity index (χ1n) is 11.5. The van der Waals surface area contributed by atoms with Gasteiger partial charge in [0.25, 0.3) is 0 Å². The minimum Gasteiger partial charge on any atom is -0.476 e. The number of anilines is 1. The number of hydrogen-bond acceptors (Lipinski definition) is 5. The lowest BCUT2D eigenvalue weighted by atomic mass is 9.98. The Morgan fingerprint density at radius 3 is 2.53 bits per heavy atom. The molecule has 1 aliphatic rings. The smallest absolute Gasteiger partial charge is 0.356 e. The third-order valence-electron chi connectivity index (χ3n) is 6.38. The Hall–Kier alpha value is -3.93. The molecule has 2 N–H and O–H groups in total. The quantitative estimate of drug-likeness (QED) is 0.359. The number of nitrogens with one attached hydrogen (secondary N) is 1. The largest absolute Gasteiger partial charge is 0.476 e. The maximum atomic E-state index is 13.3. The van der Waals surface area contributed by atoms with E-state index in [2.05, 4.69) is 10.3 Å². The molecule has 6 heteroatoms. The molecule has 172 valence electrons. The van der Waals surface area contributed by atoms with Crippen LogP contribution in [-0.4, -0.2) is 16.1 Å². The van der Waals surface area contributed by atoms with E-state index < -0.39 is 5.97 Å². The van der Waals surface area contributed by atoms with Crippen molar-refractivity contribution in [2.75, 3.05) is 5.32 Å². The Bertz CT molecular complexity index is 1470. The van der Waals surface area contributed by atoms with Gasteiger partial charge in [0.2, 0.25) is 0 Å². The summed E-state index contributed by atoms with van der Waals surface area (Å²) in [6.45, 7) is 5.64. The molecule has 4 aromatic rings. The van der Waals surface area contributed by atoms with E-state index in [0.717, 1.165) is 35.2 Å². The standard InChI is InChI=1S/C28H26N2O4/c1-15-13-20(17(3)29-23-12-11-22(18-9-10-18)30-24(23)28(32)33)27-21(14-15)25(31)16(2)26(34-27)19-7-5-4-6-8-19/h4-8,11-14,17-18,29H,9-10H2,1-3H3,(H,32,33)/t17-/m1/s1. The third-order valence-corrected chi connectivity index (χ3v) is 6.38. The topological polar surface area (TPSA) is 92.4 Å². The van der Waals surface area contributed by atoms with Gasteiger partial charge < -0.3 is 14.8 Å². The van der Waals surface area contributed by atoms with Crippen LogP contribution >= 0.6 is 0 Å². The van der Waals surface area contributed by atoms with Crippen molar-refractivity contribution in [3.8, 4) is 11.3 Å². The van der Waals surface area contributed by atoms with Gasteiger partial charge in [-0.05, 0) is 57.4 Å². The number of carboxylic acid groups (broad SMARTS) is 1. The fourth-order valence-corrected chi connectivity index (χ4v) is 4.43. The van der Waals surface area contributed by atoms with Crippen LogP contribution in [0.15, 0.2) is 63.8 Å². The first kappa shape index (κ1) is 21.9. The van der Waals surface area contributed by atoms with Gasteiger partial charge in [-0.1, -0.05) is 36.4 Å². The van der Waals surface area contributed by atoms with Crippen molar-refractivity contribution in [1.82, 2.24) is 4.98 Å². The molecule has 1 aliphatic carbocycles. The third kappa shape index (κ3) is 3.96. The molecular formula is C28H26N2O4. The van der Waals surface area contributed by atoms with Crippen LogP contribution < -0.4 is 10.7 Å². The maximum Gasteiger partial charge on any atom is 0.356 e. The molecular weight excluding hydrogens is 428 g/mol. The van der Waals surface area contributed by atoms with Crippen LogP contribution in [0.5, 0.6) is 0 Å². The van der Waals surface area contributed by atoms with Crippen LogP contribution in [0, 0.1) is 13.8 Å². The Labute approximate surface area is 197 Å². The van der Waals surface area contributed by atoms with Crippen molar-refractivity contribution >= 4 is 22.6 Å². The van der Waals surface area contributed by atoms with Crippen LogP contribution in [-0.2, 0) is 0 Å². The molecule has 0 unspecified atom stereocenters. The average Bonchev–Trinajstić information content (AvgIpc) is 3.67. The second-order valence-electron chi connectivity index (χ2n) is 9.06. The van der Waals surface area contributed by atoms with E-state index in [1.807, 2.05) is 62.4 Å². The number of rotatable bonds is 6. The molecule has 6 nitrogen and oxygen atoms in total. The number of aromatic carboxylic acids is 1. The predicted octanol–water partition coefficient (Wildman–Crippen LogP) is 6.22. The van der Waals surface area contributed by atoms with Crippen molar-refractivity contribution in [2.45, 2.75) is 45.6 Å². The number of carbonyl (C=O) groups is 1. The Kier molecular flexibility index (Phi) is 5.44. The lowest BCUT2D eigenvalue weighted by Crippen LogP contribution is -2.15. The highest BCUT2D eigenvalue weighted by atomic mass is 16.4. The molecule has 2 heterocycles. The first-order chi connectivity index (χ1) is 16.3. The Morgan fingerprint density at radius 2 is 1.85 bits per heavy atom. The summed E-state index contributed by atoms with van der Waals surface area (Å²) in [5, 5.41) is 13.6. The summed E-state index contributed by atoms with van der Waals surface area (Å²) in [6.07, 6.45) is 2.10. The number of carboxylic acids is 1. The van der Waals surface area contributed by atoms with Gasteiger partial charge in [0.15, 0.2) is 11.1 Å². The van der Waals surface area contributed by atoms with Gasteiger partial charge in [-0.25, -0.2) is 9.78 Å². The highest BCUT2D eigenvalue weighted by Gasteiger charge is 2.27. The summed E-state index contributed by atoms with van der Waals surface area (Å²) in [4.78, 5) is 29.6. The molecule has 5 rings (SSSR count). The maximum absolute atomic E-state index is 13.3. The summed E-state index contributed by atoms with van der Waals surface area (Å²) in [5.74, 6) is -0.170. The zero-order valence-electron chi connectivity index (χ0n) is 19.4. The SMILES string of the molecule is Cc1cc([C@@H](C)Nc2ccc(C3CC3)nc2C(=O)O)c2oc(-c3ccccc3)c(C)c(=O)c2c1. The highest BCUT2D eigenvalue weighted by Crippen LogP contribution is 2.40. The molecule has 0 aliphatic heterocycles. The van der Waals surface area contributed by atoms with Gasteiger partial charge >= 0.3 is 5.97 Å². The molecule has 0 bridgehead atoms. The van der Waals surface area contributed by atoms with Crippen molar-refractivity contribution in [3.63, 3.8) is 0 Å². The second kappa shape index (κ2) is 8.45. The molecule has 2 aromatic heterocycles. The van der Waals surface area contributed by atoms with E-state index in [9.17, 15) is 14.7 Å². The van der Waals surface area contributed by atoms with Gasteiger partial charge in [0, 0.05) is 28.3 Å². The minimum absolute atomic E-state index is 0.00970. The van der Waals surface area contributed by atoms with Crippen LogP contribution in [0.2, 0.25) is 0 Å². The molecule has 1 saturated carbocycles. The lowest BCUT2D eigenvalue weighted by molar-refractivity contribution is 0.0691. The van der Waals surface area contributed by atoms with Crippen molar-refractivity contribution in [3.05, 3.63) is 92.9 Å². The summed E-state index contributed by atoms with van der Waals surface area (Å²) in [7, 11) is 0. The van der Waals surface area contributed by atoms with Gasteiger partial charge in [0.05, 0.1) is 17.1 Å². The molecule has 2 aromatic carbocycles. The number of pyridine rings is 1. The summed E-state index contributed by atoms with van der Waals surface area (Å²) in [5.41, 5.74) is 4.81. The number of aryl methyl sites for hydroxylation is 1. The fraction of sp³-hybridized carbons (Fsp3) is 0.250. The number of nitrogens with zero attached hydrogens (tertiary/aromatic N) is 1. The molecule has 0 spiro atoms. The van der Waals surface area contributed by atoms with Crippen LogP contribution in [0.1, 0.15) is 64.6 Å². The monoisotopic (exact) mass is 454 g/mol. The number of benzene rings is 2. The zero-order valence-corrected chi connectivity index (χ0v) is 19.4. The van der Waals surface area contributed by atoms with E-state index in [1.165, 1.54) is 0 Å². The molecule has 0 amide bonds. The summed E-state index contributed by atoms with van der Waals surface area (Å²) >= 11 is 0. The van der Waals surface area contributed by atoms with E-state index >= 15 is 0 Å². The normalized spacial score (nSPS) is 14.2. The van der Waals surface area contributed by atoms with E-state index in [-0.39, 0.29) is 17.2 Å². The zero-order chi connectivity index (χ0) is 24.0. The average molecular weight is 455 g/mol. The fourth-order valence-electron chi connectivity index (χ4n) is 4.43. The second-order valence-corrected chi connectivity index (χ2v) is 9.06. The highest BCUT2D eigenvalue weighted by molar-refractivity contribution is 5.92. The summed E-state index contributed by atoms with van der Waals surface area (Å²) in [6, 6.07) is 16.7. The Balaban J connectivity index is 1.61. The Morgan fingerprint density at radius 1 is 1.12 bits per heavy atom. The van der Waals surface area contributed by atoms with Crippen molar-refractivity contribution < 1.29 is 14.3 Å². The molecule has 0 radical (unpaired) electrons. The van der Waals surface area contributed by atoms with Crippen molar-refractivity contribution in [1.29, 1.82) is 0 Å². The van der Waals surface area contributed by atoms with Crippen LogP contribution in [0.3, 0.4) is 0 Å². The molecule has 34 heavy (non-hydrogen) atoms. The molecule has 0 saturated heterocycles. The van der Waals surface area contributed by atoms with E-state index in [4.69, 9.17) is 4.42 Å². The predicted molar refractivity (Wildman–Crippen MR) is 133 cm³/mol. The van der Waals surface area contributed by atoms with Crippen LogP contribution in [0.25, 0.3) is 22.3 Å². The van der Waals surface area contributed by atoms with Crippen molar-refractivity contribution in [2.24, 2.45) is 0 Å². The van der Waals surface area contributed by atoms with Crippen LogP contribution in [0.4, 0.5) is 5.69 Å². The van der Waals surface area contributed by atoms with Gasteiger partial charge in [-0.2, -0.15) is 0 Å². The first-order valence-corrected chi connectivity index (χ1v) is 11.5. The van der Waals surface area contributed by atoms with Gasteiger partial charge in [0.1, 0.15) is 11.3 Å². The number of hydrogen-bond donors (Lipinski definition) is 2. The number of fused-ring (bicyclic) bond motifs is 1.